The highest BCUT2D eigenvalue weighted by molar-refractivity contribution is 5.96. The molecular weight excluding hydrogens is 480 g/mol. The second-order valence-electron chi connectivity index (χ2n) is 9.38. The Morgan fingerprint density at radius 3 is 2.53 bits per heavy atom. The Morgan fingerprint density at radius 1 is 1.03 bits per heavy atom. The maximum absolute atomic E-state index is 12.3. The van der Waals surface area contributed by atoms with Crippen LogP contribution in [0.1, 0.15) is 49.1 Å². The van der Waals surface area contributed by atoms with Gasteiger partial charge in [-0.15, -0.1) is 5.10 Å². The molecule has 0 atom stereocenters. The van der Waals surface area contributed by atoms with Crippen molar-refractivity contribution in [3.8, 4) is 17.0 Å². The summed E-state index contributed by atoms with van der Waals surface area (Å²) in [5.74, 6) is 0.260. The lowest BCUT2D eigenvalue weighted by molar-refractivity contribution is -0.142. The SMILES string of the molecule is CCOC(=O)Cc1cc(COC)ccc1COc1nn(C(C)C)c2ccc(-c3cccc(C(=N)N)c3)cc12. The van der Waals surface area contributed by atoms with Gasteiger partial charge < -0.3 is 19.9 Å². The number of benzene rings is 3. The van der Waals surface area contributed by atoms with Crippen LogP contribution in [0.25, 0.3) is 22.0 Å². The molecular formula is C30H34N4O4. The van der Waals surface area contributed by atoms with E-state index in [4.69, 9.17) is 30.5 Å². The molecule has 0 radical (unpaired) electrons. The summed E-state index contributed by atoms with van der Waals surface area (Å²) in [7, 11) is 1.64. The lowest BCUT2D eigenvalue weighted by Crippen LogP contribution is -2.11. The second kappa shape index (κ2) is 11.9. The molecule has 4 rings (SSSR count). The summed E-state index contributed by atoms with van der Waals surface area (Å²) in [6.45, 7) is 6.98. The van der Waals surface area contributed by atoms with Crippen LogP contribution in [0.5, 0.6) is 5.88 Å². The zero-order valence-electron chi connectivity index (χ0n) is 22.3. The van der Waals surface area contributed by atoms with E-state index in [9.17, 15) is 4.79 Å². The minimum absolute atomic E-state index is 0.0275. The van der Waals surface area contributed by atoms with Gasteiger partial charge in [-0.1, -0.05) is 42.5 Å². The molecule has 1 heterocycles. The molecule has 3 aromatic carbocycles. The number of hydrogen-bond acceptors (Lipinski definition) is 6. The molecule has 3 N–H and O–H groups in total. The van der Waals surface area contributed by atoms with Gasteiger partial charge in [-0.25, -0.2) is 0 Å². The summed E-state index contributed by atoms with van der Waals surface area (Å²) >= 11 is 0. The number of hydrogen-bond donors (Lipinski definition) is 2. The van der Waals surface area contributed by atoms with E-state index in [1.807, 2.05) is 59.3 Å². The quantitative estimate of drug-likeness (QED) is 0.157. The van der Waals surface area contributed by atoms with Crippen LogP contribution in [0.3, 0.4) is 0 Å². The number of methoxy groups -OCH3 is 1. The molecule has 198 valence electrons. The molecule has 0 fully saturated rings. The predicted octanol–water partition coefficient (Wildman–Crippen LogP) is 5.40. The molecule has 1 aromatic heterocycles. The van der Waals surface area contributed by atoms with Crippen molar-refractivity contribution in [1.82, 2.24) is 9.78 Å². The van der Waals surface area contributed by atoms with Crippen molar-refractivity contribution in [2.45, 2.75) is 46.4 Å². The van der Waals surface area contributed by atoms with E-state index in [-0.39, 0.29) is 30.9 Å². The Labute approximate surface area is 222 Å². The molecule has 0 saturated carbocycles. The van der Waals surface area contributed by atoms with Gasteiger partial charge in [0.05, 0.1) is 30.5 Å². The van der Waals surface area contributed by atoms with Gasteiger partial charge in [0.25, 0.3) is 0 Å². The molecule has 0 spiro atoms. The highest BCUT2D eigenvalue weighted by atomic mass is 16.5. The van der Waals surface area contributed by atoms with Crippen molar-refractivity contribution in [3.63, 3.8) is 0 Å². The normalized spacial score (nSPS) is 11.2. The number of aromatic nitrogens is 2. The first-order chi connectivity index (χ1) is 18.3. The van der Waals surface area contributed by atoms with E-state index in [2.05, 4.69) is 19.9 Å². The van der Waals surface area contributed by atoms with E-state index >= 15 is 0 Å². The van der Waals surface area contributed by atoms with Crippen LogP contribution < -0.4 is 10.5 Å². The Balaban J connectivity index is 1.69. The number of amidine groups is 1. The first-order valence-electron chi connectivity index (χ1n) is 12.7. The lowest BCUT2D eigenvalue weighted by Gasteiger charge is -2.12. The van der Waals surface area contributed by atoms with Crippen molar-refractivity contribution < 1.29 is 19.0 Å². The fourth-order valence-corrected chi connectivity index (χ4v) is 4.41. The van der Waals surface area contributed by atoms with Gasteiger partial charge >= 0.3 is 5.97 Å². The first kappa shape index (κ1) is 26.9. The monoisotopic (exact) mass is 514 g/mol. The highest BCUT2D eigenvalue weighted by Crippen LogP contribution is 2.33. The standard InChI is InChI=1S/C30H34N4O4/c1-5-37-28(35)16-25-13-20(17-36-4)9-10-24(25)18-38-30-26-15-22(11-12-27(26)34(33-30)19(2)3)21-7-6-8-23(14-21)29(31)32/h6-15,19H,5,16-18H2,1-4H3,(H3,31,32). The van der Waals surface area contributed by atoms with Gasteiger partial charge in [-0.2, -0.15) is 0 Å². The molecule has 0 aliphatic heterocycles. The van der Waals surface area contributed by atoms with Crippen LogP contribution in [-0.2, 0) is 33.9 Å². The third-order valence-electron chi connectivity index (χ3n) is 6.25. The van der Waals surface area contributed by atoms with Gasteiger partial charge in [-0.3, -0.25) is 14.9 Å². The molecule has 0 aliphatic rings. The number of carbonyl (C=O) groups excluding carboxylic acids is 1. The van der Waals surface area contributed by atoms with Gasteiger partial charge in [0.15, 0.2) is 0 Å². The summed E-state index contributed by atoms with van der Waals surface area (Å²) in [6.07, 6.45) is 0.155. The number of ether oxygens (including phenoxy) is 3. The Hall–Kier alpha value is -4.17. The van der Waals surface area contributed by atoms with E-state index in [1.165, 1.54) is 0 Å². The van der Waals surface area contributed by atoms with Crippen LogP contribution in [0, 0.1) is 5.41 Å². The minimum atomic E-state index is -0.282. The number of esters is 1. The zero-order valence-corrected chi connectivity index (χ0v) is 22.3. The minimum Gasteiger partial charge on any atom is -0.471 e. The van der Waals surface area contributed by atoms with E-state index in [0.29, 0.717) is 24.7 Å². The molecule has 0 aliphatic carbocycles. The molecule has 0 unspecified atom stereocenters. The topological polar surface area (TPSA) is 112 Å². The first-order valence-corrected chi connectivity index (χ1v) is 12.7. The van der Waals surface area contributed by atoms with Gasteiger partial charge in [-0.05, 0) is 66.8 Å². The molecule has 0 saturated heterocycles. The highest BCUT2D eigenvalue weighted by Gasteiger charge is 2.17. The fraction of sp³-hybridized carbons (Fsp3) is 0.300. The largest absolute Gasteiger partial charge is 0.471 e. The Morgan fingerprint density at radius 2 is 1.82 bits per heavy atom. The Kier molecular flexibility index (Phi) is 8.43. The smallest absolute Gasteiger partial charge is 0.310 e. The maximum atomic E-state index is 12.3. The summed E-state index contributed by atoms with van der Waals surface area (Å²) in [5, 5.41) is 13.4. The van der Waals surface area contributed by atoms with Crippen molar-refractivity contribution in [2.75, 3.05) is 13.7 Å². The van der Waals surface area contributed by atoms with Crippen molar-refractivity contribution in [2.24, 2.45) is 5.73 Å². The number of fused-ring (bicyclic) bond motifs is 1. The molecule has 38 heavy (non-hydrogen) atoms. The predicted molar refractivity (Wildman–Crippen MR) is 148 cm³/mol. The maximum Gasteiger partial charge on any atom is 0.310 e. The van der Waals surface area contributed by atoms with E-state index in [0.717, 1.165) is 38.7 Å². The van der Waals surface area contributed by atoms with Crippen LogP contribution in [0.2, 0.25) is 0 Å². The molecule has 4 aromatic rings. The molecule has 8 heteroatoms. The number of carbonyl (C=O) groups is 1. The van der Waals surface area contributed by atoms with Gasteiger partial charge in [0.2, 0.25) is 5.88 Å². The Bertz CT molecular complexity index is 1460. The van der Waals surface area contributed by atoms with Gasteiger partial charge in [0.1, 0.15) is 12.4 Å². The fourth-order valence-electron chi connectivity index (χ4n) is 4.41. The number of nitrogen functional groups attached to an aromatic ring is 1. The van der Waals surface area contributed by atoms with Crippen molar-refractivity contribution in [1.29, 1.82) is 5.41 Å². The van der Waals surface area contributed by atoms with Crippen LogP contribution in [0.15, 0.2) is 60.7 Å². The molecule has 0 amide bonds. The average Bonchev–Trinajstić information content (AvgIpc) is 3.27. The van der Waals surface area contributed by atoms with Crippen molar-refractivity contribution >= 4 is 22.7 Å². The number of rotatable bonds is 11. The average molecular weight is 515 g/mol. The third kappa shape index (κ3) is 6.03. The zero-order chi connectivity index (χ0) is 27.2. The third-order valence-corrected chi connectivity index (χ3v) is 6.25. The lowest BCUT2D eigenvalue weighted by atomic mass is 10.0. The van der Waals surface area contributed by atoms with E-state index in [1.54, 1.807) is 14.0 Å². The summed E-state index contributed by atoms with van der Waals surface area (Å²) in [6, 6.07) is 19.8. The van der Waals surface area contributed by atoms with Crippen molar-refractivity contribution in [3.05, 3.63) is 82.9 Å². The van der Waals surface area contributed by atoms with Crippen LogP contribution >= 0.6 is 0 Å². The van der Waals surface area contributed by atoms with Gasteiger partial charge in [0, 0.05) is 18.7 Å². The number of nitrogens with two attached hydrogens (primary N) is 1. The number of nitrogens with one attached hydrogen (secondary N) is 1. The van der Waals surface area contributed by atoms with Crippen LogP contribution in [0.4, 0.5) is 0 Å². The summed E-state index contributed by atoms with van der Waals surface area (Å²) in [5.41, 5.74) is 12.0. The summed E-state index contributed by atoms with van der Waals surface area (Å²) in [4.78, 5) is 12.3. The molecule has 8 nitrogen and oxygen atoms in total. The molecule has 0 bridgehead atoms. The number of nitrogens with zero attached hydrogens (tertiary/aromatic N) is 2. The summed E-state index contributed by atoms with van der Waals surface area (Å²) < 4.78 is 18.7. The second-order valence-corrected chi connectivity index (χ2v) is 9.38. The van der Waals surface area contributed by atoms with Crippen LogP contribution in [-0.4, -0.2) is 35.3 Å². The van der Waals surface area contributed by atoms with E-state index < -0.39 is 0 Å².